The zero-order chi connectivity index (χ0) is 12.5. The molecule has 92 valence electrons. The summed E-state index contributed by atoms with van der Waals surface area (Å²) in [4.78, 5) is 0. The van der Waals surface area contributed by atoms with Gasteiger partial charge in [0.15, 0.2) is 11.5 Å². The quantitative estimate of drug-likeness (QED) is 0.734. The van der Waals surface area contributed by atoms with E-state index in [2.05, 4.69) is 11.4 Å². The molecule has 1 aromatic rings. The van der Waals surface area contributed by atoms with Crippen LogP contribution in [0.4, 0.5) is 0 Å². The fourth-order valence-electron chi connectivity index (χ4n) is 1.48. The number of ether oxygens (including phenoxy) is 2. The summed E-state index contributed by atoms with van der Waals surface area (Å²) in [5.74, 6) is 1.46. The summed E-state index contributed by atoms with van der Waals surface area (Å²) < 4.78 is 10.8. The van der Waals surface area contributed by atoms with Crippen LogP contribution < -0.4 is 14.8 Å². The minimum Gasteiger partial charge on any atom is -0.493 e. The molecule has 4 heteroatoms. The van der Waals surface area contributed by atoms with Crippen LogP contribution in [0.2, 0.25) is 0 Å². The summed E-state index contributed by atoms with van der Waals surface area (Å²) in [7, 11) is 3.53. The summed E-state index contributed by atoms with van der Waals surface area (Å²) in [5.41, 5.74) is 1.15. The van der Waals surface area contributed by atoms with Gasteiger partial charge in [0.25, 0.3) is 0 Å². The van der Waals surface area contributed by atoms with Crippen LogP contribution in [0.3, 0.4) is 0 Å². The molecule has 1 N–H and O–H groups in total. The summed E-state index contributed by atoms with van der Waals surface area (Å²) >= 11 is 0. The van der Waals surface area contributed by atoms with Crippen LogP contribution in [0.25, 0.3) is 0 Å². The molecule has 0 atom stereocenters. The zero-order valence-corrected chi connectivity index (χ0v) is 10.3. The summed E-state index contributed by atoms with van der Waals surface area (Å²) in [6.45, 7) is 1.33. The molecular formula is C13H18N2O2. The summed E-state index contributed by atoms with van der Waals surface area (Å²) in [6.07, 6.45) is 1.25. The second-order valence-corrected chi connectivity index (χ2v) is 3.63. The van der Waals surface area contributed by atoms with Crippen molar-refractivity contribution in [3.8, 4) is 17.6 Å². The lowest BCUT2D eigenvalue weighted by atomic mass is 10.2. The molecule has 0 heterocycles. The maximum atomic E-state index is 8.42. The lowest BCUT2D eigenvalue weighted by molar-refractivity contribution is 0.290. The number of nitrogens with one attached hydrogen (secondary N) is 1. The van der Waals surface area contributed by atoms with Crippen LogP contribution in [-0.4, -0.2) is 20.8 Å². The molecule has 0 aliphatic rings. The number of nitrogens with zero attached hydrogens (tertiary/aromatic N) is 1. The van der Waals surface area contributed by atoms with Gasteiger partial charge in [0.1, 0.15) is 0 Å². The van der Waals surface area contributed by atoms with E-state index < -0.39 is 0 Å². The highest BCUT2D eigenvalue weighted by molar-refractivity contribution is 5.42. The molecule has 0 aromatic heterocycles. The van der Waals surface area contributed by atoms with E-state index in [9.17, 15) is 0 Å². The topological polar surface area (TPSA) is 54.3 Å². The van der Waals surface area contributed by atoms with Crippen molar-refractivity contribution in [1.82, 2.24) is 5.32 Å². The highest BCUT2D eigenvalue weighted by Gasteiger charge is 2.05. The van der Waals surface area contributed by atoms with E-state index in [-0.39, 0.29) is 0 Å². The van der Waals surface area contributed by atoms with Crippen LogP contribution in [0, 0.1) is 11.3 Å². The molecule has 0 aliphatic heterocycles. The third kappa shape index (κ3) is 4.33. The van der Waals surface area contributed by atoms with Gasteiger partial charge in [-0.25, -0.2) is 0 Å². The molecule has 1 rings (SSSR count). The molecule has 0 saturated carbocycles. The number of methoxy groups -OCH3 is 1. The van der Waals surface area contributed by atoms with Gasteiger partial charge in [0.2, 0.25) is 0 Å². The second kappa shape index (κ2) is 7.53. The molecular weight excluding hydrogens is 216 g/mol. The van der Waals surface area contributed by atoms with Crippen molar-refractivity contribution in [3.05, 3.63) is 23.8 Å². The Morgan fingerprint density at radius 2 is 2.18 bits per heavy atom. The molecule has 4 nitrogen and oxygen atoms in total. The largest absolute Gasteiger partial charge is 0.493 e. The number of rotatable bonds is 7. The lowest BCUT2D eigenvalue weighted by Crippen LogP contribution is -2.06. The Morgan fingerprint density at radius 1 is 1.35 bits per heavy atom. The van der Waals surface area contributed by atoms with Crippen molar-refractivity contribution >= 4 is 0 Å². The summed E-state index contributed by atoms with van der Waals surface area (Å²) in [6, 6.07) is 7.94. The fraction of sp³-hybridized carbons (Fsp3) is 0.462. The fourth-order valence-corrected chi connectivity index (χ4v) is 1.48. The summed E-state index contributed by atoms with van der Waals surface area (Å²) in [5, 5.41) is 11.5. The Balaban J connectivity index is 2.62. The minimum atomic E-state index is 0.514. The van der Waals surface area contributed by atoms with Crippen LogP contribution in [0.15, 0.2) is 18.2 Å². The number of hydrogen-bond acceptors (Lipinski definition) is 4. The molecule has 17 heavy (non-hydrogen) atoms. The molecule has 1 aromatic carbocycles. The van der Waals surface area contributed by atoms with E-state index in [1.165, 1.54) is 0 Å². The number of unbranched alkanes of at least 4 members (excludes halogenated alkanes) is 1. The molecule has 0 spiro atoms. The van der Waals surface area contributed by atoms with Gasteiger partial charge in [-0.15, -0.1) is 0 Å². The van der Waals surface area contributed by atoms with Crippen LogP contribution >= 0.6 is 0 Å². The Kier molecular flexibility index (Phi) is 5.91. The molecule has 0 unspecified atom stereocenters. The second-order valence-electron chi connectivity index (χ2n) is 3.63. The van der Waals surface area contributed by atoms with Gasteiger partial charge in [-0.05, 0) is 31.2 Å². The normalized spacial score (nSPS) is 9.71. The average molecular weight is 234 g/mol. The highest BCUT2D eigenvalue weighted by atomic mass is 16.5. The molecule has 0 fully saturated rings. The monoisotopic (exact) mass is 234 g/mol. The Morgan fingerprint density at radius 3 is 2.82 bits per heavy atom. The molecule has 0 radical (unpaired) electrons. The number of hydrogen-bond donors (Lipinski definition) is 1. The van der Waals surface area contributed by atoms with Gasteiger partial charge < -0.3 is 14.8 Å². The predicted molar refractivity (Wildman–Crippen MR) is 66.1 cm³/mol. The van der Waals surface area contributed by atoms with Gasteiger partial charge in [-0.1, -0.05) is 6.07 Å². The molecule has 0 saturated heterocycles. The van der Waals surface area contributed by atoms with Crippen molar-refractivity contribution < 1.29 is 9.47 Å². The molecule has 0 bridgehead atoms. The average Bonchev–Trinajstić information content (AvgIpc) is 2.36. The van der Waals surface area contributed by atoms with Crippen LogP contribution in [0.1, 0.15) is 18.4 Å². The van der Waals surface area contributed by atoms with Gasteiger partial charge in [0.05, 0.1) is 19.8 Å². The zero-order valence-electron chi connectivity index (χ0n) is 10.3. The van der Waals surface area contributed by atoms with Crippen molar-refractivity contribution in [2.75, 3.05) is 20.8 Å². The number of nitriles is 1. The standard InChI is InChI=1S/C13H18N2O2/c1-15-10-11-5-6-12(13(9-11)16-2)17-8-4-3-7-14/h5-6,9,15H,3-4,8,10H2,1-2H3. The lowest BCUT2D eigenvalue weighted by Gasteiger charge is -2.11. The molecule has 0 aliphatic carbocycles. The minimum absolute atomic E-state index is 0.514. The van der Waals surface area contributed by atoms with Crippen molar-refractivity contribution in [2.24, 2.45) is 0 Å². The maximum Gasteiger partial charge on any atom is 0.161 e. The first-order valence-electron chi connectivity index (χ1n) is 5.63. The Hall–Kier alpha value is -1.73. The first kappa shape index (κ1) is 13.3. The smallest absolute Gasteiger partial charge is 0.161 e. The van der Waals surface area contributed by atoms with Crippen LogP contribution in [0.5, 0.6) is 11.5 Å². The van der Waals surface area contributed by atoms with Gasteiger partial charge in [-0.2, -0.15) is 5.26 Å². The van der Waals surface area contributed by atoms with Crippen molar-refractivity contribution in [1.29, 1.82) is 5.26 Å². The van der Waals surface area contributed by atoms with E-state index in [1.807, 2.05) is 25.2 Å². The SMILES string of the molecule is CNCc1ccc(OCCCC#N)c(OC)c1. The Bertz CT molecular complexity index is 385. The van der Waals surface area contributed by atoms with Crippen molar-refractivity contribution in [3.63, 3.8) is 0 Å². The molecule has 0 amide bonds. The van der Waals surface area contributed by atoms with Crippen LogP contribution in [-0.2, 0) is 6.54 Å². The van der Waals surface area contributed by atoms with E-state index in [1.54, 1.807) is 7.11 Å². The maximum absolute atomic E-state index is 8.42. The van der Waals surface area contributed by atoms with Gasteiger partial charge in [0, 0.05) is 13.0 Å². The highest BCUT2D eigenvalue weighted by Crippen LogP contribution is 2.28. The van der Waals surface area contributed by atoms with Gasteiger partial charge in [-0.3, -0.25) is 0 Å². The van der Waals surface area contributed by atoms with E-state index in [0.717, 1.165) is 30.0 Å². The van der Waals surface area contributed by atoms with Gasteiger partial charge >= 0.3 is 0 Å². The predicted octanol–water partition coefficient (Wildman–Crippen LogP) is 2.10. The van der Waals surface area contributed by atoms with E-state index >= 15 is 0 Å². The third-order valence-electron chi connectivity index (χ3n) is 2.30. The first-order valence-corrected chi connectivity index (χ1v) is 5.63. The van der Waals surface area contributed by atoms with E-state index in [4.69, 9.17) is 14.7 Å². The van der Waals surface area contributed by atoms with E-state index in [0.29, 0.717) is 13.0 Å². The number of benzene rings is 1. The Labute approximate surface area is 102 Å². The van der Waals surface area contributed by atoms with Crippen molar-refractivity contribution in [2.45, 2.75) is 19.4 Å². The first-order chi connectivity index (χ1) is 8.31. The third-order valence-corrected chi connectivity index (χ3v) is 2.30.